The number of hydrogen-bond acceptors (Lipinski definition) is 5. The van der Waals surface area contributed by atoms with Gasteiger partial charge in [-0.25, -0.2) is 4.79 Å². The topological polar surface area (TPSA) is 104 Å². The fourth-order valence-corrected chi connectivity index (χ4v) is 9.79. The molecule has 4 rings (SSSR count). The maximum Gasteiger partial charge on any atom is 0.331 e. The number of ether oxygens (including phenoxy) is 1. The number of carboxylic acid groups (broad SMARTS) is 1. The minimum absolute atomic E-state index is 0.0474. The Kier molecular flexibility index (Phi) is 7.53. The highest BCUT2D eigenvalue weighted by atomic mass is 16.5. The lowest BCUT2D eigenvalue weighted by atomic mass is 9.36. The van der Waals surface area contributed by atoms with Crippen LogP contribution in [0.5, 0.6) is 0 Å². The molecular formula is C31H48O6. The normalized spacial score (nSPS) is 46.2. The molecule has 6 heteroatoms. The highest BCUT2D eigenvalue weighted by Gasteiger charge is 2.70. The van der Waals surface area contributed by atoms with Crippen molar-refractivity contribution in [3.63, 3.8) is 0 Å². The molecule has 0 heterocycles. The number of allylic oxidation sites excluding steroid dienone is 2. The van der Waals surface area contributed by atoms with Crippen LogP contribution in [0, 0.1) is 39.9 Å². The van der Waals surface area contributed by atoms with E-state index in [-0.39, 0.29) is 40.1 Å². The van der Waals surface area contributed by atoms with Crippen molar-refractivity contribution < 1.29 is 29.6 Å². The first kappa shape index (κ1) is 28.4. The summed E-state index contributed by atoms with van der Waals surface area (Å²) in [5.41, 5.74) is 1.57. The minimum Gasteiger partial charge on any atom is -0.478 e. The molecular weight excluding hydrogens is 468 g/mol. The van der Waals surface area contributed by atoms with Crippen LogP contribution in [0.1, 0.15) is 99.8 Å². The number of rotatable bonds is 5. The predicted octanol–water partition coefficient (Wildman–Crippen LogP) is 5.67. The molecule has 4 fully saturated rings. The van der Waals surface area contributed by atoms with Gasteiger partial charge in [-0.15, -0.1) is 0 Å². The van der Waals surface area contributed by atoms with Gasteiger partial charge in [-0.1, -0.05) is 39.3 Å². The van der Waals surface area contributed by atoms with Gasteiger partial charge < -0.3 is 20.1 Å². The second kappa shape index (κ2) is 9.82. The number of esters is 1. The first-order chi connectivity index (χ1) is 17.2. The molecule has 0 aromatic rings. The molecule has 0 aromatic carbocycles. The zero-order chi connectivity index (χ0) is 27.5. The molecule has 3 N–H and O–H groups in total. The van der Waals surface area contributed by atoms with Crippen molar-refractivity contribution in [3.8, 4) is 0 Å². The number of carbonyl (C=O) groups excluding carboxylic acids is 1. The van der Waals surface area contributed by atoms with Gasteiger partial charge in [0.1, 0.15) is 6.10 Å². The third-order valence-electron chi connectivity index (χ3n) is 11.6. The minimum atomic E-state index is -0.953. The predicted molar refractivity (Wildman–Crippen MR) is 143 cm³/mol. The molecule has 2 unspecified atom stereocenters. The summed E-state index contributed by atoms with van der Waals surface area (Å²) in [6, 6.07) is 0. The Bertz CT molecular complexity index is 994. The van der Waals surface area contributed by atoms with E-state index in [1.165, 1.54) is 6.92 Å². The molecule has 0 spiro atoms. The molecule has 4 aliphatic rings. The summed E-state index contributed by atoms with van der Waals surface area (Å²) in [7, 11) is 0. The third kappa shape index (κ3) is 4.40. The van der Waals surface area contributed by atoms with Gasteiger partial charge in [0.05, 0.1) is 12.2 Å². The molecule has 10 atom stereocenters. The number of fused-ring (bicyclic) bond motifs is 5. The Balaban J connectivity index is 1.82. The maximum atomic E-state index is 12.6. The van der Waals surface area contributed by atoms with E-state index in [4.69, 9.17) is 4.74 Å². The molecule has 208 valence electrons. The molecule has 0 aromatic heterocycles. The SMILES string of the molecule is CC(=O)O[C@H]1C[C@@]2(C)C(C[C@H](O)[C@H]3[C@@]4(C)CC[C@@H](O)[C@@H](C)C4CC[C@@]32C)/C1=C(\CCC=C(C)C)C(=O)O. The Morgan fingerprint density at radius 2 is 1.70 bits per heavy atom. The van der Waals surface area contributed by atoms with Gasteiger partial charge in [0.2, 0.25) is 0 Å². The van der Waals surface area contributed by atoms with E-state index in [2.05, 4.69) is 27.7 Å². The van der Waals surface area contributed by atoms with Crippen LogP contribution in [0.4, 0.5) is 0 Å². The van der Waals surface area contributed by atoms with E-state index < -0.39 is 24.1 Å². The molecule has 0 amide bonds. The van der Waals surface area contributed by atoms with Crippen LogP contribution >= 0.6 is 0 Å². The van der Waals surface area contributed by atoms with Crippen LogP contribution in [-0.2, 0) is 14.3 Å². The van der Waals surface area contributed by atoms with Crippen LogP contribution in [-0.4, -0.2) is 45.6 Å². The van der Waals surface area contributed by atoms with E-state index >= 15 is 0 Å². The Hall–Kier alpha value is -1.66. The lowest BCUT2D eigenvalue weighted by Crippen LogP contribution is -2.65. The van der Waals surface area contributed by atoms with Gasteiger partial charge in [0.25, 0.3) is 0 Å². The molecule has 0 saturated heterocycles. The highest BCUT2D eigenvalue weighted by molar-refractivity contribution is 5.88. The summed E-state index contributed by atoms with van der Waals surface area (Å²) in [6.07, 6.45) is 6.22. The van der Waals surface area contributed by atoms with Gasteiger partial charge in [0.15, 0.2) is 0 Å². The monoisotopic (exact) mass is 516 g/mol. The lowest BCUT2D eigenvalue weighted by molar-refractivity contribution is -0.234. The molecule has 0 bridgehead atoms. The zero-order valence-electron chi connectivity index (χ0n) is 23.8. The van der Waals surface area contributed by atoms with Crippen LogP contribution in [0.15, 0.2) is 22.8 Å². The first-order valence-electron chi connectivity index (χ1n) is 14.3. The number of hydrogen-bond donors (Lipinski definition) is 3. The lowest BCUT2D eigenvalue weighted by Gasteiger charge is -2.69. The Morgan fingerprint density at radius 3 is 2.30 bits per heavy atom. The third-order valence-corrected chi connectivity index (χ3v) is 11.6. The average molecular weight is 517 g/mol. The van der Waals surface area contributed by atoms with E-state index in [9.17, 15) is 24.9 Å². The Morgan fingerprint density at radius 1 is 1.03 bits per heavy atom. The van der Waals surface area contributed by atoms with Crippen molar-refractivity contribution in [3.05, 3.63) is 22.8 Å². The fourth-order valence-electron chi connectivity index (χ4n) is 9.79. The largest absolute Gasteiger partial charge is 0.478 e. The number of carbonyl (C=O) groups is 2. The molecule has 0 radical (unpaired) electrons. The van der Waals surface area contributed by atoms with E-state index in [1.54, 1.807) is 0 Å². The zero-order valence-corrected chi connectivity index (χ0v) is 23.8. The molecule has 6 nitrogen and oxygen atoms in total. The summed E-state index contributed by atoms with van der Waals surface area (Å²) in [6.45, 7) is 14.5. The quantitative estimate of drug-likeness (QED) is 0.247. The van der Waals surface area contributed by atoms with Crippen LogP contribution in [0.2, 0.25) is 0 Å². The van der Waals surface area contributed by atoms with Gasteiger partial charge in [-0.05, 0) is 111 Å². The molecule has 4 aliphatic carbocycles. The van der Waals surface area contributed by atoms with Crippen molar-refractivity contribution in [2.45, 2.75) is 118 Å². The number of carboxylic acids is 1. The highest BCUT2D eigenvalue weighted by Crippen LogP contribution is 2.74. The number of aliphatic hydroxyl groups excluding tert-OH is 2. The first-order valence-corrected chi connectivity index (χ1v) is 14.3. The van der Waals surface area contributed by atoms with Crippen molar-refractivity contribution in [2.24, 2.45) is 39.9 Å². The number of aliphatic carboxylic acids is 1. The van der Waals surface area contributed by atoms with Crippen LogP contribution < -0.4 is 0 Å². The van der Waals surface area contributed by atoms with Gasteiger partial charge in [-0.3, -0.25) is 4.79 Å². The standard InChI is InChI=1S/C31H48O6/c1-17(2)9-8-10-20(28(35)36)26-22-15-24(34)27-29(5)13-12-23(33)18(3)21(29)11-14-30(27,6)31(22,7)16-25(26)37-19(4)32/h9,18,21-25,27,33-34H,8,10-16H2,1-7H3,(H,35,36)/b26-20-/t18-,21?,22?,23+,24-,25-,27-,29-,30-,31-/m0/s1. The molecule has 37 heavy (non-hydrogen) atoms. The van der Waals surface area contributed by atoms with Gasteiger partial charge in [0, 0.05) is 12.5 Å². The van der Waals surface area contributed by atoms with Gasteiger partial charge >= 0.3 is 11.9 Å². The summed E-state index contributed by atoms with van der Waals surface area (Å²) in [5.74, 6) is -0.909. The summed E-state index contributed by atoms with van der Waals surface area (Å²) < 4.78 is 5.87. The average Bonchev–Trinajstić information content (AvgIpc) is 3.05. The number of aliphatic hydroxyl groups is 2. The fraction of sp³-hybridized carbons (Fsp3) is 0.806. The summed E-state index contributed by atoms with van der Waals surface area (Å²) in [5, 5.41) is 32.9. The van der Waals surface area contributed by atoms with Gasteiger partial charge in [-0.2, -0.15) is 0 Å². The second-order valence-electron chi connectivity index (χ2n) is 13.6. The summed E-state index contributed by atoms with van der Waals surface area (Å²) >= 11 is 0. The maximum absolute atomic E-state index is 12.6. The van der Waals surface area contributed by atoms with Crippen molar-refractivity contribution in [2.75, 3.05) is 0 Å². The van der Waals surface area contributed by atoms with E-state index in [1.807, 2.05) is 19.9 Å². The second-order valence-corrected chi connectivity index (χ2v) is 13.6. The van der Waals surface area contributed by atoms with E-state index in [0.717, 1.165) is 36.8 Å². The molecule has 0 aliphatic heterocycles. The van der Waals surface area contributed by atoms with Crippen LogP contribution in [0.3, 0.4) is 0 Å². The van der Waals surface area contributed by atoms with E-state index in [0.29, 0.717) is 37.2 Å². The Labute approximate surface area is 222 Å². The summed E-state index contributed by atoms with van der Waals surface area (Å²) in [4.78, 5) is 24.8. The smallest absolute Gasteiger partial charge is 0.331 e. The van der Waals surface area contributed by atoms with Crippen LogP contribution in [0.25, 0.3) is 0 Å². The molecule has 4 saturated carbocycles. The van der Waals surface area contributed by atoms with Crippen molar-refractivity contribution in [1.29, 1.82) is 0 Å². The van der Waals surface area contributed by atoms with Crippen molar-refractivity contribution >= 4 is 11.9 Å². The van der Waals surface area contributed by atoms with Crippen molar-refractivity contribution in [1.82, 2.24) is 0 Å².